The van der Waals surface area contributed by atoms with Gasteiger partial charge in [-0.3, -0.25) is 4.79 Å². The zero-order valence-electron chi connectivity index (χ0n) is 14.8. The van der Waals surface area contributed by atoms with Crippen LogP contribution in [0.5, 0.6) is 5.88 Å². The highest BCUT2D eigenvalue weighted by Crippen LogP contribution is 2.28. The molecular weight excluding hydrogens is 361 g/mol. The average molecular weight is 382 g/mol. The highest BCUT2D eigenvalue weighted by molar-refractivity contribution is 6.31. The van der Waals surface area contributed by atoms with Crippen LogP contribution in [0, 0.1) is 17.7 Å². The minimum absolute atomic E-state index is 0.0992. The molecule has 26 heavy (non-hydrogen) atoms. The van der Waals surface area contributed by atoms with Crippen molar-refractivity contribution in [3.8, 4) is 5.88 Å². The molecule has 6 nitrogen and oxygen atoms in total. The van der Waals surface area contributed by atoms with E-state index in [1.165, 1.54) is 18.2 Å². The zero-order valence-corrected chi connectivity index (χ0v) is 15.6. The molecule has 2 aromatic rings. The molecule has 3 atom stereocenters. The van der Waals surface area contributed by atoms with Gasteiger partial charge in [0.05, 0.1) is 17.6 Å². The second-order valence-corrected chi connectivity index (χ2v) is 7.24. The Morgan fingerprint density at radius 2 is 2.15 bits per heavy atom. The molecule has 3 rings (SSSR count). The van der Waals surface area contributed by atoms with E-state index < -0.39 is 11.9 Å². The second kappa shape index (κ2) is 7.72. The van der Waals surface area contributed by atoms with E-state index in [0.717, 1.165) is 0 Å². The lowest BCUT2D eigenvalue weighted by molar-refractivity contribution is -0.148. The Kier molecular flexibility index (Phi) is 5.58. The van der Waals surface area contributed by atoms with Crippen molar-refractivity contribution in [2.45, 2.75) is 32.9 Å². The van der Waals surface area contributed by atoms with Crippen molar-refractivity contribution in [1.29, 1.82) is 0 Å². The third-order valence-electron chi connectivity index (χ3n) is 4.28. The van der Waals surface area contributed by atoms with E-state index in [9.17, 15) is 9.18 Å². The molecule has 1 saturated heterocycles. The Balaban J connectivity index is 1.72. The van der Waals surface area contributed by atoms with Crippen LogP contribution in [0.3, 0.4) is 0 Å². The molecule has 140 valence electrons. The number of benzene rings is 1. The van der Waals surface area contributed by atoms with Crippen molar-refractivity contribution in [3.05, 3.63) is 29.2 Å². The topological polar surface area (TPSA) is 73.3 Å². The van der Waals surface area contributed by atoms with E-state index in [4.69, 9.17) is 21.1 Å². The van der Waals surface area contributed by atoms with Gasteiger partial charge < -0.3 is 14.8 Å². The largest absolute Gasteiger partial charge is 0.470 e. The SMILES string of the molecule is CC(C)COC(=O)[C@H]1NC[C@H](Oc2nc3cc(F)ccc3nc2Cl)[C@H]1C. The first-order valence-corrected chi connectivity index (χ1v) is 8.92. The number of aromatic nitrogens is 2. The molecule has 0 aliphatic carbocycles. The molecule has 1 aliphatic rings. The first-order valence-electron chi connectivity index (χ1n) is 8.54. The average Bonchev–Trinajstić information content (AvgIpc) is 2.94. The fraction of sp³-hybridized carbons (Fsp3) is 0.500. The van der Waals surface area contributed by atoms with Gasteiger partial charge in [0.1, 0.15) is 18.0 Å². The lowest BCUT2D eigenvalue weighted by Crippen LogP contribution is -2.37. The van der Waals surface area contributed by atoms with E-state index in [0.29, 0.717) is 24.2 Å². The number of rotatable bonds is 5. The molecule has 1 aliphatic heterocycles. The summed E-state index contributed by atoms with van der Waals surface area (Å²) in [5.74, 6) is -0.455. The number of nitrogens with zero attached hydrogens (tertiary/aromatic N) is 2. The van der Waals surface area contributed by atoms with Gasteiger partial charge in [0.15, 0.2) is 5.15 Å². The summed E-state index contributed by atoms with van der Waals surface area (Å²) in [5.41, 5.74) is 0.840. The van der Waals surface area contributed by atoms with Crippen LogP contribution >= 0.6 is 11.6 Å². The van der Waals surface area contributed by atoms with Gasteiger partial charge >= 0.3 is 5.97 Å². The van der Waals surface area contributed by atoms with Gasteiger partial charge in [0.2, 0.25) is 0 Å². The van der Waals surface area contributed by atoms with E-state index in [2.05, 4.69) is 15.3 Å². The standard InChI is InChI=1S/C18H21ClFN3O3/c1-9(2)8-25-18(24)15-10(3)14(7-21-15)26-17-16(19)22-12-5-4-11(20)6-13(12)23-17/h4-6,9-10,14-15,21H,7-8H2,1-3H3/t10-,14+,15+/m1/s1. The van der Waals surface area contributed by atoms with Crippen molar-refractivity contribution in [1.82, 2.24) is 15.3 Å². The molecule has 1 N–H and O–H groups in total. The minimum atomic E-state index is -0.455. The maximum atomic E-state index is 13.4. The molecule has 0 spiro atoms. The maximum Gasteiger partial charge on any atom is 0.323 e. The minimum Gasteiger partial charge on any atom is -0.470 e. The predicted octanol–water partition coefficient (Wildman–Crippen LogP) is 2.98. The molecule has 0 saturated carbocycles. The van der Waals surface area contributed by atoms with Gasteiger partial charge in [-0.25, -0.2) is 14.4 Å². The van der Waals surface area contributed by atoms with Gasteiger partial charge in [-0.1, -0.05) is 32.4 Å². The lowest BCUT2D eigenvalue weighted by atomic mass is 10.0. The molecule has 2 heterocycles. The van der Waals surface area contributed by atoms with E-state index in [1.807, 2.05) is 20.8 Å². The number of hydrogen-bond acceptors (Lipinski definition) is 6. The highest BCUT2D eigenvalue weighted by atomic mass is 35.5. The Morgan fingerprint density at radius 1 is 1.38 bits per heavy atom. The third-order valence-corrected chi connectivity index (χ3v) is 4.53. The van der Waals surface area contributed by atoms with Crippen molar-refractivity contribution in [2.75, 3.05) is 13.2 Å². The number of ether oxygens (including phenoxy) is 2. The summed E-state index contributed by atoms with van der Waals surface area (Å²) >= 11 is 6.15. The zero-order chi connectivity index (χ0) is 18.8. The maximum absolute atomic E-state index is 13.4. The molecular formula is C18H21ClFN3O3. The highest BCUT2D eigenvalue weighted by Gasteiger charge is 2.40. The summed E-state index contributed by atoms with van der Waals surface area (Å²) in [4.78, 5) is 20.6. The van der Waals surface area contributed by atoms with Crippen LogP contribution in [0.25, 0.3) is 11.0 Å². The van der Waals surface area contributed by atoms with Gasteiger partial charge in [0, 0.05) is 18.5 Å². The Bertz CT molecular complexity index is 818. The van der Waals surface area contributed by atoms with Gasteiger partial charge in [0.25, 0.3) is 5.88 Å². The molecule has 0 radical (unpaired) electrons. The molecule has 8 heteroatoms. The fourth-order valence-corrected chi connectivity index (χ4v) is 3.00. The Labute approximate surface area is 156 Å². The number of fused-ring (bicyclic) bond motifs is 1. The summed E-state index contributed by atoms with van der Waals surface area (Å²) in [6.45, 7) is 6.68. The van der Waals surface area contributed by atoms with E-state index in [1.54, 1.807) is 0 Å². The summed E-state index contributed by atoms with van der Waals surface area (Å²) in [7, 11) is 0. The Hall–Kier alpha value is -1.99. The summed E-state index contributed by atoms with van der Waals surface area (Å²) in [6, 6.07) is 3.62. The van der Waals surface area contributed by atoms with Crippen molar-refractivity contribution < 1.29 is 18.7 Å². The third kappa shape index (κ3) is 4.04. The number of halogens is 2. The number of esters is 1. The molecule has 0 bridgehead atoms. The fourth-order valence-electron chi connectivity index (χ4n) is 2.82. The first kappa shape index (κ1) is 18.8. The first-order chi connectivity index (χ1) is 12.3. The van der Waals surface area contributed by atoms with E-state index >= 15 is 0 Å². The summed E-state index contributed by atoms with van der Waals surface area (Å²) < 4.78 is 24.6. The van der Waals surface area contributed by atoms with E-state index in [-0.39, 0.29) is 34.9 Å². The quantitative estimate of drug-likeness (QED) is 0.803. The van der Waals surface area contributed by atoms with Crippen LogP contribution < -0.4 is 10.1 Å². The molecule has 0 unspecified atom stereocenters. The van der Waals surface area contributed by atoms with Crippen molar-refractivity contribution >= 4 is 28.6 Å². The van der Waals surface area contributed by atoms with Crippen LogP contribution in [0.4, 0.5) is 4.39 Å². The molecule has 1 aromatic carbocycles. The monoisotopic (exact) mass is 381 g/mol. The molecule has 1 aromatic heterocycles. The van der Waals surface area contributed by atoms with Gasteiger partial charge in [-0.15, -0.1) is 0 Å². The van der Waals surface area contributed by atoms with Crippen LogP contribution in [-0.4, -0.2) is 41.2 Å². The smallest absolute Gasteiger partial charge is 0.323 e. The number of carbonyl (C=O) groups is 1. The van der Waals surface area contributed by atoms with Crippen LogP contribution in [0.1, 0.15) is 20.8 Å². The van der Waals surface area contributed by atoms with Crippen molar-refractivity contribution in [2.24, 2.45) is 11.8 Å². The second-order valence-electron chi connectivity index (χ2n) is 6.88. The van der Waals surface area contributed by atoms with Crippen LogP contribution in [0.2, 0.25) is 5.15 Å². The van der Waals surface area contributed by atoms with Gasteiger partial charge in [-0.2, -0.15) is 0 Å². The summed E-state index contributed by atoms with van der Waals surface area (Å²) in [6.07, 6.45) is -0.329. The lowest BCUT2D eigenvalue weighted by Gasteiger charge is -2.20. The van der Waals surface area contributed by atoms with Crippen molar-refractivity contribution in [3.63, 3.8) is 0 Å². The molecule has 1 fully saturated rings. The van der Waals surface area contributed by atoms with Crippen LogP contribution in [-0.2, 0) is 9.53 Å². The Morgan fingerprint density at radius 3 is 2.88 bits per heavy atom. The summed E-state index contributed by atoms with van der Waals surface area (Å²) in [5, 5.41) is 3.21. The normalized spacial score (nSPS) is 22.8. The molecule has 0 amide bonds. The number of hydrogen-bond donors (Lipinski definition) is 1. The predicted molar refractivity (Wildman–Crippen MR) is 95.7 cm³/mol. The van der Waals surface area contributed by atoms with Crippen LogP contribution in [0.15, 0.2) is 18.2 Å². The van der Waals surface area contributed by atoms with Gasteiger partial charge in [-0.05, 0) is 18.1 Å². The number of carbonyl (C=O) groups excluding carboxylic acids is 1. The number of nitrogens with one attached hydrogen (secondary N) is 1.